The maximum Gasteiger partial charge on any atom is 0.231 e. The number of aromatic nitrogens is 1. The summed E-state index contributed by atoms with van der Waals surface area (Å²) in [6.45, 7) is 3.85. The van der Waals surface area contributed by atoms with Crippen molar-refractivity contribution >= 4 is 32.4 Å². The highest BCUT2D eigenvalue weighted by Crippen LogP contribution is 2.41. The van der Waals surface area contributed by atoms with Crippen molar-refractivity contribution in [1.82, 2.24) is 9.88 Å². The summed E-state index contributed by atoms with van der Waals surface area (Å²) < 4.78 is 17.4. The molecule has 0 saturated carbocycles. The Balaban J connectivity index is 1.48. The fourth-order valence-corrected chi connectivity index (χ4v) is 5.15. The molecule has 0 radical (unpaired) electrons. The van der Waals surface area contributed by atoms with Gasteiger partial charge in [0.1, 0.15) is 0 Å². The van der Waals surface area contributed by atoms with Crippen LogP contribution in [0.3, 0.4) is 0 Å². The largest absolute Gasteiger partial charge is 0.477 e. The van der Waals surface area contributed by atoms with Crippen LogP contribution in [0.4, 0.5) is 0 Å². The minimum absolute atomic E-state index is 0.145. The predicted octanol–water partition coefficient (Wildman–Crippen LogP) is 4.12. The summed E-state index contributed by atoms with van der Waals surface area (Å²) in [5.74, 6) is 2.00. The highest BCUT2D eigenvalue weighted by Gasteiger charge is 2.19. The number of hydrogen-bond acceptors (Lipinski definition) is 7. The van der Waals surface area contributed by atoms with Crippen molar-refractivity contribution in [3.8, 4) is 17.4 Å². The monoisotopic (exact) mass is 460 g/mol. The molecule has 176 valence electrons. The van der Waals surface area contributed by atoms with E-state index >= 15 is 0 Å². The molecule has 1 fully saturated rings. The standard InChI is InChI=1S/C27H28N2O5/c30-14-18-10-22-20-5-4-17-12-24-25(34-16-33-24)13-21(17)26(20)28-27(23(22)11-19(18)15-31)32-9-3-8-29-6-1-2-7-29/h4-5,10-13,30-31H,1-3,6-9,14-16H2. The van der Waals surface area contributed by atoms with E-state index in [4.69, 9.17) is 19.2 Å². The summed E-state index contributed by atoms with van der Waals surface area (Å²) in [5.41, 5.74) is 2.20. The van der Waals surface area contributed by atoms with Gasteiger partial charge in [-0.05, 0) is 78.5 Å². The molecule has 2 aliphatic rings. The quantitative estimate of drug-likeness (QED) is 0.317. The number of benzene rings is 3. The van der Waals surface area contributed by atoms with Crippen molar-refractivity contribution in [2.75, 3.05) is 33.0 Å². The molecule has 1 saturated heterocycles. The van der Waals surface area contributed by atoms with Gasteiger partial charge in [0, 0.05) is 22.7 Å². The summed E-state index contributed by atoms with van der Waals surface area (Å²) in [6, 6.07) is 11.9. The molecule has 0 unspecified atom stereocenters. The average Bonchev–Trinajstić information content (AvgIpc) is 3.56. The molecule has 3 heterocycles. The van der Waals surface area contributed by atoms with Gasteiger partial charge in [-0.15, -0.1) is 0 Å². The number of rotatable bonds is 7. The Bertz CT molecular complexity index is 1380. The molecule has 1 aromatic heterocycles. The molecule has 0 aliphatic carbocycles. The Labute approximate surface area is 197 Å². The Morgan fingerprint density at radius 2 is 1.59 bits per heavy atom. The number of fused-ring (bicyclic) bond motifs is 6. The van der Waals surface area contributed by atoms with Gasteiger partial charge in [0.2, 0.25) is 12.7 Å². The van der Waals surface area contributed by atoms with Gasteiger partial charge in [-0.3, -0.25) is 0 Å². The van der Waals surface area contributed by atoms with Crippen LogP contribution in [0.5, 0.6) is 17.4 Å². The van der Waals surface area contributed by atoms with Gasteiger partial charge in [0.05, 0.1) is 25.3 Å². The second-order valence-corrected chi connectivity index (χ2v) is 9.04. The molecule has 2 aliphatic heterocycles. The third kappa shape index (κ3) is 3.70. The van der Waals surface area contributed by atoms with Crippen LogP contribution in [0.2, 0.25) is 0 Å². The van der Waals surface area contributed by atoms with Gasteiger partial charge >= 0.3 is 0 Å². The third-order valence-corrected chi connectivity index (χ3v) is 6.96. The summed E-state index contributed by atoms with van der Waals surface area (Å²) >= 11 is 0. The van der Waals surface area contributed by atoms with Crippen LogP contribution in [0, 0.1) is 0 Å². The second-order valence-electron chi connectivity index (χ2n) is 9.04. The van der Waals surface area contributed by atoms with E-state index in [9.17, 15) is 10.2 Å². The van der Waals surface area contributed by atoms with Gasteiger partial charge in [0.25, 0.3) is 0 Å². The Morgan fingerprint density at radius 3 is 2.35 bits per heavy atom. The number of nitrogens with zero attached hydrogens (tertiary/aromatic N) is 2. The lowest BCUT2D eigenvalue weighted by atomic mass is 9.97. The number of likely N-dealkylation sites (tertiary alicyclic amines) is 1. The van der Waals surface area contributed by atoms with Crippen LogP contribution < -0.4 is 14.2 Å². The van der Waals surface area contributed by atoms with Crippen LogP contribution in [0.25, 0.3) is 32.4 Å². The van der Waals surface area contributed by atoms with Crippen LogP contribution in [0.15, 0.2) is 36.4 Å². The van der Waals surface area contributed by atoms with E-state index in [2.05, 4.69) is 11.0 Å². The zero-order valence-electron chi connectivity index (χ0n) is 19.0. The third-order valence-electron chi connectivity index (χ3n) is 6.96. The number of aliphatic hydroxyl groups is 2. The lowest BCUT2D eigenvalue weighted by Crippen LogP contribution is -2.22. The Hall–Kier alpha value is -3.13. The molecule has 0 spiro atoms. The van der Waals surface area contributed by atoms with E-state index in [-0.39, 0.29) is 20.0 Å². The van der Waals surface area contributed by atoms with E-state index in [1.54, 1.807) is 0 Å². The first kappa shape index (κ1) is 21.4. The molecule has 34 heavy (non-hydrogen) atoms. The number of aliphatic hydroxyl groups excluding tert-OH is 2. The summed E-state index contributed by atoms with van der Waals surface area (Å²) in [6.07, 6.45) is 3.48. The molecule has 0 atom stereocenters. The molecule has 0 amide bonds. The maximum absolute atomic E-state index is 9.91. The molecule has 0 bridgehead atoms. The minimum atomic E-state index is -0.153. The summed E-state index contributed by atoms with van der Waals surface area (Å²) in [5, 5.41) is 24.5. The van der Waals surface area contributed by atoms with Gasteiger partial charge < -0.3 is 29.3 Å². The number of pyridine rings is 1. The summed E-state index contributed by atoms with van der Waals surface area (Å²) in [4.78, 5) is 7.46. The molecular weight excluding hydrogens is 432 g/mol. The van der Waals surface area contributed by atoms with Crippen LogP contribution in [-0.4, -0.2) is 53.1 Å². The van der Waals surface area contributed by atoms with Crippen molar-refractivity contribution in [2.45, 2.75) is 32.5 Å². The zero-order chi connectivity index (χ0) is 23.1. The zero-order valence-corrected chi connectivity index (χ0v) is 19.0. The van der Waals surface area contributed by atoms with Crippen molar-refractivity contribution < 1.29 is 24.4 Å². The normalized spacial score (nSPS) is 15.7. The second kappa shape index (κ2) is 8.91. The topological polar surface area (TPSA) is 84.3 Å². The minimum Gasteiger partial charge on any atom is -0.477 e. The SMILES string of the molecule is OCc1cc2c(OCCCN3CCCC3)nc3c4cc5c(cc4ccc3c2cc1CO)OCO5. The van der Waals surface area contributed by atoms with Gasteiger partial charge in [-0.1, -0.05) is 12.1 Å². The molecule has 7 heteroatoms. The number of ether oxygens (including phenoxy) is 3. The van der Waals surface area contributed by atoms with Crippen molar-refractivity contribution in [1.29, 1.82) is 0 Å². The summed E-state index contributed by atoms with van der Waals surface area (Å²) in [7, 11) is 0. The van der Waals surface area contributed by atoms with E-state index in [1.165, 1.54) is 25.9 Å². The van der Waals surface area contributed by atoms with Crippen LogP contribution in [-0.2, 0) is 13.2 Å². The van der Waals surface area contributed by atoms with Gasteiger partial charge in [-0.2, -0.15) is 0 Å². The van der Waals surface area contributed by atoms with Crippen molar-refractivity contribution in [3.05, 3.63) is 47.5 Å². The fourth-order valence-electron chi connectivity index (χ4n) is 5.15. The highest BCUT2D eigenvalue weighted by atomic mass is 16.7. The first-order valence-corrected chi connectivity index (χ1v) is 11.9. The predicted molar refractivity (Wildman–Crippen MR) is 131 cm³/mol. The van der Waals surface area contributed by atoms with E-state index < -0.39 is 0 Å². The molecule has 3 aromatic carbocycles. The average molecular weight is 461 g/mol. The van der Waals surface area contributed by atoms with E-state index in [0.29, 0.717) is 29.4 Å². The van der Waals surface area contributed by atoms with Crippen LogP contribution in [0.1, 0.15) is 30.4 Å². The Kier molecular flexibility index (Phi) is 5.61. The van der Waals surface area contributed by atoms with E-state index in [1.807, 2.05) is 30.3 Å². The van der Waals surface area contributed by atoms with Gasteiger partial charge in [-0.25, -0.2) is 4.98 Å². The maximum atomic E-state index is 9.91. The highest BCUT2D eigenvalue weighted by molar-refractivity contribution is 6.17. The first-order chi connectivity index (χ1) is 16.7. The Morgan fingerprint density at radius 1 is 0.853 bits per heavy atom. The molecule has 4 aromatic rings. The number of hydrogen-bond donors (Lipinski definition) is 2. The van der Waals surface area contributed by atoms with Crippen molar-refractivity contribution in [3.63, 3.8) is 0 Å². The van der Waals surface area contributed by atoms with Crippen LogP contribution >= 0.6 is 0 Å². The van der Waals surface area contributed by atoms with Crippen molar-refractivity contribution in [2.24, 2.45) is 0 Å². The lowest BCUT2D eigenvalue weighted by molar-refractivity contribution is 0.174. The fraction of sp³-hybridized carbons (Fsp3) is 0.370. The van der Waals surface area contributed by atoms with Gasteiger partial charge in [0.15, 0.2) is 11.5 Å². The molecule has 2 N–H and O–H groups in total. The first-order valence-electron chi connectivity index (χ1n) is 11.9. The molecule has 6 rings (SSSR count). The molecular formula is C27H28N2O5. The van der Waals surface area contributed by atoms with E-state index in [0.717, 1.165) is 51.2 Å². The molecule has 7 nitrogen and oxygen atoms in total. The lowest BCUT2D eigenvalue weighted by Gasteiger charge is -2.17. The smallest absolute Gasteiger partial charge is 0.231 e.